The molecular weight excluding hydrogens is 392 g/mol. The number of nitrogens with one attached hydrogen (secondary N) is 1. The second-order valence-electron chi connectivity index (χ2n) is 8.32. The third-order valence-corrected chi connectivity index (χ3v) is 6.00. The summed E-state index contributed by atoms with van der Waals surface area (Å²) in [6.45, 7) is 5.01. The number of guanidine groups is 1. The predicted octanol–water partition coefficient (Wildman–Crippen LogP) is 2.45. The Balaban J connectivity index is 1.21. The van der Waals surface area contributed by atoms with Gasteiger partial charge in [0.25, 0.3) is 0 Å². The molecule has 1 aromatic heterocycles. The fourth-order valence-corrected chi connectivity index (χ4v) is 4.27. The average Bonchev–Trinajstić information content (AvgIpc) is 3.33. The van der Waals surface area contributed by atoms with Gasteiger partial charge >= 0.3 is 0 Å². The van der Waals surface area contributed by atoms with Crippen molar-refractivity contribution >= 4 is 5.96 Å². The zero-order valence-corrected chi connectivity index (χ0v) is 18.4. The van der Waals surface area contributed by atoms with Gasteiger partial charge in [-0.2, -0.15) is 5.10 Å². The van der Waals surface area contributed by atoms with Crippen LogP contribution >= 0.6 is 0 Å². The molecule has 4 rings (SSSR count). The summed E-state index contributed by atoms with van der Waals surface area (Å²) in [4.78, 5) is 10.8. The van der Waals surface area contributed by atoms with E-state index in [4.69, 9.17) is 9.47 Å². The van der Waals surface area contributed by atoms with Crippen LogP contribution in [0.2, 0.25) is 0 Å². The van der Waals surface area contributed by atoms with Crippen LogP contribution in [0.4, 0.5) is 0 Å². The lowest BCUT2D eigenvalue weighted by atomic mass is 10.1. The molecule has 2 fully saturated rings. The number of benzene rings is 1. The third kappa shape index (κ3) is 6.51. The van der Waals surface area contributed by atoms with Crippen LogP contribution in [0.1, 0.15) is 43.2 Å². The summed E-state index contributed by atoms with van der Waals surface area (Å²) in [5, 5.41) is 7.70. The summed E-state index contributed by atoms with van der Waals surface area (Å²) in [6, 6.07) is 8.54. The highest BCUT2D eigenvalue weighted by atomic mass is 16.5. The maximum absolute atomic E-state index is 6.15. The van der Waals surface area contributed by atoms with Crippen LogP contribution in [0.5, 0.6) is 0 Å². The van der Waals surface area contributed by atoms with E-state index in [0.29, 0.717) is 12.2 Å². The fraction of sp³-hybridized carbons (Fsp3) is 0.609. The zero-order valence-electron chi connectivity index (χ0n) is 18.4. The molecule has 168 valence electrons. The van der Waals surface area contributed by atoms with E-state index in [1.165, 1.54) is 24.0 Å². The minimum absolute atomic E-state index is 0.293. The largest absolute Gasteiger partial charge is 0.376 e. The van der Waals surface area contributed by atoms with Crippen molar-refractivity contribution in [2.24, 2.45) is 4.99 Å². The van der Waals surface area contributed by atoms with Crippen molar-refractivity contribution in [3.63, 3.8) is 0 Å². The van der Waals surface area contributed by atoms with E-state index < -0.39 is 0 Å². The highest BCUT2D eigenvalue weighted by Gasteiger charge is 2.23. The topological polar surface area (TPSA) is 76.8 Å². The average molecular weight is 427 g/mol. The summed E-state index contributed by atoms with van der Waals surface area (Å²) in [5.74, 6) is 0.954. The Labute approximate surface area is 184 Å². The number of nitrogens with zero attached hydrogens (tertiary/aromatic N) is 5. The predicted molar refractivity (Wildman–Crippen MR) is 120 cm³/mol. The maximum Gasteiger partial charge on any atom is 0.193 e. The maximum atomic E-state index is 6.15. The van der Waals surface area contributed by atoms with Gasteiger partial charge in [-0.05, 0) is 43.2 Å². The summed E-state index contributed by atoms with van der Waals surface area (Å²) in [6.07, 6.45) is 9.56. The normalized spacial score (nSPS) is 20.7. The Morgan fingerprint density at radius 1 is 1.23 bits per heavy atom. The molecule has 1 N–H and O–H groups in total. The minimum atomic E-state index is 0.293. The number of ether oxygens (including phenoxy) is 2. The van der Waals surface area contributed by atoms with Gasteiger partial charge in [0, 0.05) is 33.3 Å². The first-order valence-electron chi connectivity index (χ1n) is 11.4. The number of piperidine rings is 1. The number of aliphatic imine (C=N–C) groups is 1. The molecule has 0 aliphatic carbocycles. The van der Waals surface area contributed by atoms with E-state index >= 15 is 0 Å². The molecule has 31 heavy (non-hydrogen) atoms. The van der Waals surface area contributed by atoms with Gasteiger partial charge in [-0.3, -0.25) is 4.99 Å². The van der Waals surface area contributed by atoms with Gasteiger partial charge in [0.15, 0.2) is 5.96 Å². The lowest BCUT2D eigenvalue weighted by Crippen LogP contribution is -2.47. The first-order valence-corrected chi connectivity index (χ1v) is 11.4. The first kappa shape index (κ1) is 21.8. The fourth-order valence-electron chi connectivity index (χ4n) is 4.27. The van der Waals surface area contributed by atoms with Crippen LogP contribution in [-0.4, -0.2) is 71.2 Å². The SMILES string of the molecule is CN=C(NCc1cccc(Cn2cncn2)c1)N1CCC(OCC2CCCCO2)CC1. The van der Waals surface area contributed by atoms with Gasteiger partial charge in [0.05, 0.1) is 25.4 Å². The number of aromatic nitrogens is 3. The first-order chi connectivity index (χ1) is 15.3. The standard InChI is InChI=1S/C23H34N6O2/c1-24-23(26-14-19-5-4-6-20(13-19)15-29-18-25-17-27-29)28-10-8-21(9-11-28)31-16-22-7-2-3-12-30-22/h4-6,13,17-18,21-22H,2-3,7-12,14-16H2,1H3,(H,24,26). The van der Waals surface area contributed by atoms with E-state index in [0.717, 1.165) is 64.6 Å². The van der Waals surface area contributed by atoms with Crippen molar-refractivity contribution in [2.45, 2.75) is 57.4 Å². The Hall–Kier alpha value is -2.45. The van der Waals surface area contributed by atoms with Crippen molar-refractivity contribution in [2.75, 3.05) is 33.4 Å². The van der Waals surface area contributed by atoms with E-state index in [1.54, 1.807) is 12.7 Å². The summed E-state index contributed by atoms with van der Waals surface area (Å²) >= 11 is 0. The van der Waals surface area contributed by atoms with Crippen LogP contribution in [0, 0.1) is 0 Å². The Kier molecular flexibility index (Phi) is 7.90. The molecule has 0 radical (unpaired) electrons. The van der Waals surface area contributed by atoms with Gasteiger partial charge in [-0.25, -0.2) is 9.67 Å². The van der Waals surface area contributed by atoms with Crippen molar-refractivity contribution < 1.29 is 9.47 Å². The van der Waals surface area contributed by atoms with Crippen molar-refractivity contribution in [1.82, 2.24) is 25.0 Å². The van der Waals surface area contributed by atoms with Gasteiger partial charge < -0.3 is 19.7 Å². The molecule has 1 aromatic carbocycles. The van der Waals surface area contributed by atoms with Gasteiger partial charge in [-0.1, -0.05) is 24.3 Å². The number of hydrogen-bond acceptors (Lipinski definition) is 5. The lowest BCUT2D eigenvalue weighted by molar-refractivity contribution is -0.0721. The summed E-state index contributed by atoms with van der Waals surface area (Å²) in [7, 11) is 1.85. The van der Waals surface area contributed by atoms with Crippen LogP contribution in [0.15, 0.2) is 41.9 Å². The molecular formula is C23H34N6O2. The minimum Gasteiger partial charge on any atom is -0.376 e. The monoisotopic (exact) mass is 426 g/mol. The van der Waals surface area contributed by atoms with Crippen molar-refractivity contribution in [3.05, 3.63) is 48.0 Å². The molecule has 0 bridgehead atoms. The smallest absolute Gasteiger partial charge is 0.193 e. The summed E-state index contributed by atoms with van der Waals surface area (Å²) in [5.41, 5.74) is 2.43. The Morgan fingerprint density at radius 2 is 2.10 bits per heavy atom. The number of hydrogen-bond donors (Lipinski definition) is 1. The molecule has 2 aliphatic heterocycles. The van der Waals surface area contributed by atoms with Crippen LogP contribution in [-0.2, 0) is 22.6 Å². The Bertz CT molecular complexity index is 811. The Morgan fingerprint density at radius 3 is 2.84 bits per heavy atom. The second-order valence-corrected chi connectivity index (χ2v) is 8.32. The van der Waals surface area contributed by atoms with Gasteiger partial charge in [-0.15, -0.1) is 0 Å². The summed E-state index contributed by atoms with van der Waals surface area (Å²) < 4.78 is 13.8. The number of rotatable bonds is 7. The molecule has 2 aromatic rings. The van der Waals surface area contributed by atoms with E-state index in [2.05, 4.69) is 49.6 Å². The number of likely N-dealkylation sites (tertiary alicyclic amines) is 1. The molecule has 0 spiro atoms. The molecule has 1 unspecified atom stereocenters. The third-order valence-electron chi connectivity index (χ3n) is 6.00. The molecule has 8 nitrogen and oxygen atoms in total. The molecule has 1 atom stereocenters. The quantitative estimate of drug-likeness (QED) is 0.541. The lowest BCUT2D eigenvalue weighted by Gasteiger charge is -2.35. The molecule has 0 saturated carbocycles. The van der Waals surface area contributed by atoms with Crippen LogP contribution in [0.3, 0.4) is 0 Å². The van der Waals surface area contributed by atoms with Crippen LogP contribution < -0.4 is 5.32 Å². The van der Waals surface area contributed by atoms with E-state index in [-0.39, 0.29) is 0 Å². The molecule has 3 heterocycles. The van der Waals surface area contributed by atoms with E-state index in [9.17, 15) is 0 Å². The highest BCUT2D eigenvalue weighted by molar-refractivity contribution is 5.79. The zero-order chi connectivity index (χ0) is 21.3. The molecule has 2 aliphatic rings. The molecule has 0 amide bonds. The van der Waals surface area contributed by atoms with E-state index in [1.807, 2.05) is 11.7 Å². The van der Waals surface area contributed by atoms with Crippen molar-refractivity contribution in [1.29, 1.82) is 0 Å². The van der Waals surface area contributed by atoms with Gasteiger partial charge in [0.1, 0.15) is 12.7 Å². The molecule has 2 saturated heterocycles. The van der Waals surface area contributed by atoms with Crippen LogP contribution in [0.25, 0.3) is 0 Å². The molecule has 8 heteroatoms. The van der Waals surface area contributed by atoms with Crippen molar-refractivity contribution in [3.8, 4) is 0 Å². The second kappa shape index (κ2) is 11.2. The van der Waals surface area contributed by atoms with Gasteiger partial charge in [0.2, 0.25) is 0 Å². The highest BCUT2D eigenvalue weighted by Crippen LogP contribution is 2.18.